The smallest absolute Gasteiger partial charge is 0.407 e. The summed E-state index contributed by atoms with van der Waals surface area (Å²) in [6.07, 6.45) is 1.20. The molecule has 0 fully saturated rings. The first-order chi connectivity index (χ1) is 8.69. The standard InChI is InChI=1S/C13H18BrFN2O2/c1-8(17-12(18)19-13(2,3)4)7-9-10(14)5-6-16-11(9)15/h5-6,8H,7H2,1-4H3,(H,17,18). The largest absolute Gasteiger partial charge is 0.444 e. The highest BCUT2D eigenvalue weighted by molar-refractivity contribution is 9.10. The van der Waals surface area contributed by atoms with Gasteiger partial charge in [0.05, 0.1) is 0 Å². The lowest BCUT2D eigenvalue weighted by Gasteiger charge is -2.22. The molecule has 1 rings (SSSR count). The van der Waals surface area contributed by atoms with Gasteiger partial charge in [-0.3, -0.25) is 0 Å². The third-order valence-corrected chi connectivity index (χ3v) is 2.96. The summed E-state index contributed by atoms with van der Waals surface area (Å²) in [6, 6.07) is 1.41. The maximum absolute atomic E-state index is 13.5. The average Bonchev–Trinajstić information content (AvgIpc) is 2.20. The van der Waals surface area contributed by atoms with E-state index in [1.807, 2.05) is 0 Å². The van der Waals surface area contributed by atoms with Gasteiger partial charge in [-0.2, -0.15) is 4.39 Å². The van der Waals surface area contributed by atoms with E-state index in [2.05, 4.69) is 26.2 Å². The van der Waals surface area contributed by atoms with Gasteiger partial charge in [0.15, 0.2) is 0 Å². The van der Waals surface area contributed by atoms with Crippen molar-refractivity contribution in [3.05, 3.63) is 28.2 Å². The second kappa shape index (κ2) is 6.32. The first kappa shape index (κ1) is 15.9. The Morgan fingerprint density at radius 3 is 2.74 bits per heavy atom. The number of ether oxygens (including phenoxy) is 1. The highest BCUT2D eigenvalue weighted by Gasteiger charge is 2.19. The van der Waals surface area contributed by atoms with Gasteiger partial charge in [-0.15, -0.1) is 0 Å². The summed E-state index contributed by atoms with van der Waals surface area (Å²) in [4.78, 5) is 15.2. The van der Waals surface area contributed by atoms with Gasteiger partial charge < -0.3 is 10.1 Å². The van der Waals surface area contributed by atoms with E-state index in [9.17, 15) is 9.18 Å². The number of alkyl carbamates (subject to hydrolysis) is 1. The molecular formula is C13H18BrFN2O2. The Hall–Kier alpha value is -1.17. The summed E-state index contributed by atoms with van der Waals surface area (Å²) in [7, 11) is 0. The molecule has 19 heavy (non-hydrogen) atoms. The SMILES string of the molecule is CC(Cc1c(Br)ccnc1F)NC(=O)OC(C)(C)C. The van der Waals surface area contributed by atoms with Gasteiger partial charge in [0, 0.05) is 22.3 Å². The summed E-state index contributed by atoms with van der Waals surface area (Å²) in [5.74, 6) is -0.535. The Morgan fingerprint density at radius 2 is 2.21 bits per heavy atom. The molecule has 0 aromatic carbocycles. The molecule has 0 saturated carbocycles. The van der Waals surface area contributed by atoms with Gasteiger partial charge in [-0.25, -0.2) is 9.78 Å². The molecule has 0 saturated heterocycles. The second-order valence-electron chi connectivity index (χ2n) is 5.31. The van der Waals surface area contributed by atoms with Crippen LogP contribution in [0.1, 0.15) is 33.3 Å². The monoisotopic (exact) mass is 332 g/mol. The molecule has 1 N–H and O–H groups in total. The number of rotatable bonds is 3. The van der Waals surface area contributed by atoms with Crippen LogP contribution in [0.2, 0.25) is 0 Å². The van der Waals surface area contributed by atoms with E-state index in [1.165, 1.54) is 6.20 Å². The maximum Gasteiger partial charge on any atom is 0.407 e. The molecule has 0 aliphatic heterocycles. The zero-order valence-corrected chi connectivity index (χ0v) is 13.0. The number of halogens is 2. The van der Waals surface area contributed by atoms with Crippen LogP contribution in [0.3, 0.4) is 0 Å². The minimum atomic E-state index is -0.552. The zero-order chi connectivity index (χ0) is 14.6. The minimum Gasteiger partial charge on any atom is -0.444 e. The fourth-order valence-electron chi connectivity index (χ4n) is 1.49. The van der Waals surface area contributed by atoms with Crippen molar-refractivity contribution in [3.63, 3.8) is 0 Å². The van der Waals surface area contributed by atoms with Crippen molar-refractivity contribution >= 4 is 22.0 Å². The lowest BCUT2D eigenvalue weighted by molar-refractivity contribution is 0.0508. The van der Waals surface area contributed by atoms with E-state index < -0.39 is 17.6 Å². The van der Waals surface area contributed by atoms with Gasteiger partial charge in [0.1, 0.15) is 5.60 Å². The highest BCUT2D eigenvalue weighted by atomic mass is 79.9. The van der Waals surface area contributed by atoms with Gasteiger partial charge >= 0.3 is 6.09 Å². The number of nitrogens with zero attached hydrogens (tertiary/aromatic N) is 1. The van der Waals surface area contributed by atoms with E-state index >= 15 is 0 Å². The molecule has 1 atom stereocenters. The molecule has 0 spiro atoms. The lowest BCUT2D eigenvalue weighted by atomic mass is 10.1. The van der Waals surface area contributed by atoms with E-state index in [-0.39, 0.29) is 6.04 Å². The Balaban J connectivity index is 2.61. The average molecular weight is 333 g/mol. The lowest BCUT2D eigenvalue weighted by Crippen LogP contribution is -2.38. The number of pyridine rings is 1. The normalized spacial score (nSPS) is 12.9. The highest BCUT2D eigenvalue weighted by Crippen LogP contribution is 2.19. The number of hydrogen-bond donors (Lipinski definition) is 1. The molecule has 4 nitrogen and oxygen atoms in total. The molecular weight excluding hydrogens is 315 g/mol. The number of carbonyl (C=O) groups is 1. The van der Waals surface area contributed by atoms with E-state index in [0.717, 1.165) is 0 Å². The van der Waals surface area contributed by atoms with Crippen LogP contribution in [0.25, 0.3) is 0 Å². The number of nitrogens with one attached hydrogen (secondary N) is 1. The van der Waals surface area contributed by atoms with Crippen LogP contribution in [0.5, 0.6) is 0 Å². The predicted molar refractivity (Wildman–Crippen MR) is 74.4 cm³/mol. The van der Waals surface area contributed by atoms with Crippen LogP contribution in [-0.4, -0.2) is 22.7 Å². The van der Waals surface area contributed by atoms with Crippen LogP contribution in [0.4, 0.5) is 9.18 Å². The Kier molecular flexibility index (Phi) is 5.29. The minimum absolute atomic E-state index is 0.259. The molecule has 1 aromatic rings. The summed E-state index contributed by atoms with van der Waals surface area (Å²) >= 11 is 3.27. The first-order valence-electron chi connectivity index (χ1n) is 5.97. The van der Waals surface area contributed by atoms with E-state index in [4.69, 9.17) is 4.74 Å². The summed E-state index contributed by atoms with van der Waals surface area (Å²) < 4.78 is 19.3. The predicted octanol–water partition coefficient (Wildman–Crippen LogP) is 3.44. The van der Waals surface area contributed by atoms with Crippen molar-refractivity contribution in [1.82, 2.24) is 10.3 Å². The number of hydrogen-bond acceptors (Lipinski definition) is 3. The Morgan fingerprint density at radius 1 is 1.58 bits per heavy atom. The van der Waals surface area contributed by atoms with Crippen LogP contribution in [0.15, 0.2) is 16.7 Å². The third kappa shape index (κ3) is 5.55. The van der Waals surface area contributed by atoms with Gasteiger partial charge in [-0.05, 0) is 40.2 Å². The van der Waals surface area contributed by atoms with E-state index in [1.54, 1.807) is 33.8 Å². The molecule has 0 bridgehead atoms. The quantitative estimate of drug-likeness (QED) is 0.862. The van der Waals surface area contributed by atoms with Crippen molar-refractivity contribution in [1.29, 1.82) is 0 Å². The van der Waals surface area contributed by atoms with Crippen LogP contribution in [0, 0.1) is 5.95 Å². The van der Waals surface area contributed by atoms with Crippen molar-refractivity contribution in [2.24, 2.45) is 0 Å². The third-order valence-electron chi connectivity index (χ3n) is 2.22. The second-order valence-corrected chi connectivity index (χ2v) is 6.17. The van der Waals surface area contributed by atoms with Crippen LogP contribution in [-0.2, 0) is 11.2 Å². The van der Waals surface area contributed by atoms with Crippen molar-refractivity contribution in [2.75, 3.05) is 0 Å². The molecule has 0 aliphatic rings. The topological polar surface area (TPSA) is 51.2 Å². The summed E-state index contributed by atoms with van der Waals surface area (Å²) in [5, 5.41) is 2.66. The molecule has 0 radical (unpaired) electrons. The number of carbonyl (C=O) groups excluding carboxylic acids is 1. The molecule has 1 unspecified atom stereocenters. The fourth-order valence-corrected chi connectivity index (χ4v) is 1.94. The molecule has 1 aromatic heterocycles. The molecule has 0 aliphatic carbocycles. The van der Waals surface area contributed by atoms with Crippen molar-refractivity contribution in [2.45, 2.75) is 45.8 Å². The number of amides is 1. The van der Waals surface area contributed by atoms with Gasteiger partial charge in [0.2, 0.25) is 5.95 Å². The maximum atomic E-state index is 13.5. The Labute approximate surface area is 120 Å². The molecule has 106 valence electrons. The van der Waals surface area contributed by atoms with Crippen LogP contribution >= 0.6 is 15.9 Å². The summed E-state index contributed by atoms with van der Waals surface area (Å²) in [6.45, 7) is 7.14. The number of aromatic nitrogens is 1. The van der Waals surface area contributed by atoms with Crippen LogP contribution < -0.4 is 5.32 Å². The van der Waals surface area contributed by atoms with Gasteiger partial charge in [0.25, 0.3) is 0 Å². The van der Waals surface area contributed by atoms with Crippen molar-refractivity contribution < 1.29 is 13.9 Å². The first-order valence-corrected chi connectivity index (χ1v) is 6.76. The van der Waals surface area contributed by atoms with Crippen molar-refractivity contribution in [3.8, 4) is 0 Å². The summed E-state index contributed by atoms with van der Waals surface area (Å²) in [5.41, 5.74) is -0.115. The Bertz CT molecular complexity index is 440. The molecule has 6 heteroatoms. The van der Waals surface area contributed by atoms with E-state index in [0.29, 0.717) is 16.5 Å². The molecule has 1 amide bonds. The van der Waals surface area contributed by atoms with Gasteiger partial charge in [-0.1, -0.05) is 15.9 Å². The fraction of sp³-hybridized carbons (Fsp3) is 0.538. The molecule has 1 heterocycles. The zero-order valence-electron chi connectivity index (χ0n) is 11.5.